The number of nitrogen functional groups attached to an aromatic ring is 1. The second-order valence-corrected chi connectivity index (χ2v) is 5.80. The van der Waals surface area contributed by atoms with Crippen LogP contribution < -0.4 is 10.5 Å². The molecule has 1 amide bonds. The van der Waals surface area contributed by atoms with Gasteiger partial charge in [-0.1, -0.05) is 0 Å². The topological polar surface area (TPSA) is 72.6 Å². The quantitative estimate of drug-likeness (QED) is 0.792. The molecule has 5 nitrogen and oxygen atoms in total. The number of anilines is 1. The normalized spacial score (nSPS) is 16.6. The molecule has 0 unspecified atom stereocenters. The Bertz CT molecular complexity index is 480. The summed E-state index contributed by atoms with van der Waals surface area (Å²) in [4.78, 5) is 14.0. The summed E-state index contributed by atoms with van der Waals surface area (Å²) in [5, 5.41) is 0. The van der Waals surface area contributed by atoms with Gasteiger partial charge < -0.3 is 15.4 Å². The summed E-state index contributed by atoms with van der Waals surface area (Å²) in [6, 6.07) is 4.98. The van der Waals surface area contributed by atoms with Crippen molar-refractivity contribution in [1.82, 2.24) is 4.90 Å². The van der Waals surface area contributed by atoms with Crippen molar-refractivity contribution in [3.63, 3.8) is 0 Å². The molecule has 0 aliphatic carbocycles. The highest BCUT2D eigenvalue weighted by atomic mass is 32.2. The van der Waals surface area contributed by atoms with Crippen molar-refractivity contribution in [2.45, 2.75) is 0 Å². The monoisotopic (exact) mass is 268 g/mol. The molecule has 0 saturated carbocycles. The Hall–Kier alpha value is -1.56. The molecule has 1 aromatic carbocycles. The van der Waals surface area contributed by atoms with E-state index in [4.69, 9.17) is 10.5 Å². The first kappa shape index (κ1) is 12.9. The van der Waals surface area contributed by atoms with Gasteiger partial charge in [-0.15, -0.1) is 0 Å². The third kappa shape index (κ3) is 2.64. The van der Waals surface area contributed by atoms with Gasteiger partial charge in [0.1, 0.15) is 5.75 Å². The molecule has 98 valence electrons. The summed E-state index contributed by atoms with van der Waals surface area (Å²) >= 11 is 0. The fourth-order valence-corrected chi connectivity index (χ4v) is 2.95. The van der Waals surface area contributed by atoms with Crippen LogP contribution in [0, 0.1) is 0 Å². The number of carbonyl (C=O) groups excluding carboxylic acids is 1. The van der Waals surface area contributed by atoms with E-state index in [1.165, 1.54) is 7.11 Å². The van der Waals surface area contributed by atoms with Crippen molar-refractivity contribution in [1.29, 1.82) is 0 Å². The zero-order chi connectivity index (χ0) is 13.1. The van der Waals surface area contributed by atoms with E-state index in [2.05, 4.69) is 0 Å². The van der Waals surface area contributed by atoms with Crippen LogP contribution in [0.5, 0.6) is 5.75 Å². The molecule has 1 aromatic rings. The molecule has 0 atom stereocenters. The molecule has 1 heterocycles. The molecule has 2 rings (SSSR count). The standard InChI is InChI=1S/C12H16N2O3S/c1-17-11-8-9(13)2-3-10(11)12(15)14-4-6-18(16)7-5-14/h2-3,8H,4-7,13H2,1H3. The van der Waals surface area contributed by atoms with Crippen LogP contribution in [-0.2, 0) is 10.8 Å². The third-order valence-electron chi connectivity index (χ3n) is 2.92. The molecular formula is C12H16N2O3S. The van der Waals surface area contributed by atoms with Gasteiger partial charge in [-0.2, -0.15) is 0 Å². The minimum Gasteiger partial charge on any atom is -0.496 e. The van der Waals surface area contributed by atoms with E-state index < -0.39 is 10.8 Å². The second-order valence-electron chi connectivity index (χ2n) is 4.10. The Balaban J connectivity index is 2.20. The molecule has 0 bridgehead atoms. The highest BCUT2D eigenvalue weighted by Crippen LogP contribution is 2.23. The lowest BCUT2D eigenvalue weighted by atomic mass is 10.1. The summed E-state index contributed by atoms with van der Waals surface area (Å²) in [6.45, 7) is 1.05. The first-order valence-corrected chi connectivity index (χ1v) is 7.18. The van der Waals surface area contributed by atoms with Crippen LogP contribution in [0.25, 0.3) is 0 Å². The number of rotatable bonds is 2. The highest BCUT2D eigenvalue weighted by molar-refractivity contribution is 7.85. The minimum absolute atomic E-state index is 0.0939. The number of methoxy groups -OCH3 is 1. The first-order chi connectivity index (χ1) is 8.61. The predicted molar refractivity (Wildman–Crippen MR) is 71.2 cm³/mol. The summed E-state index contributed by atoms with van der Waals surface area (Å²) in [5.74, 6) is 1.47. The molecule has 6 heteroatoms. The molecule has 18 heavy (non-hydrogen) atoms. The Morgan fingerprint density at radius 1 is 1.39 bits per heavy atom. The lowest BCUT2D eigenvalue weighted by molar-refractivity contribution is 0.0768. The number of hydrogen-bond donors (Lipinski definition) is 1. The van der Waals surface area contributed by atoms with Gasteiger partial charge in [0.25, 0.3) is 5.91 Å². The summed E-state index contributed by atoms with van der Waals surface area (Å²) < 4.78 is 16.4. The van der Waals surface area contributed by atoms with Gasteiger partial charge in [0.05, 0.1) is 12.7 Å². The van der Waals surface area contributed by atoms with Crippen molar-refractivity contribution < 1.29 is 13.7 Å². The minimum atomic E-state index is -0.790. The molecule has 1 aliphatic heterocycles. The van der Waals surface area contributed by atoms with Gasteiger partial charge in [-0.05, 0) is 12.1 Å². The number of benzene rings is 1. The average Bonchev–Trinajstić information content (AvgIpc) is 2.38. The zero-order valence-electron chi connectivity index (χ0n) is 10.2. The largest absolute Gasteiger partial charge is 0.496 e. The van der Waals surface area contributed by atoms with Crippen LogP contribution in [0.15, 0.2) is 18.2 Å². The van der Waals surface area contributed by atoms with Gasteiger partial charge in [0, 0.05) is 47.1 Å². The lowest BCUT2D eigenvalue weighted by Gasteiger charge is -2.27. The maximum absolute atomic E-state index is 12.3. The maximum atomic E-state index is 12.3. The van der Waals surface area contributed by atoms with E-state index in [0.29, 0.717) is 41.6 Å². The van der Waals surface area contributed by atoms with E-state index in [-0.39, 0.29) is 5.91 Å². The molecule has 1 saturated heterocycles. The van der Waals surface area contributed by atoms with Gasteiger partial charge in [-0.3, -0.25) is 9.00 Å². The SMILES string of the molecule is COc1cc(N)ccc1C(=O)N1CCS(=O)CC1. The van der Waals surface area contributed by atoms with Crippen molar-refractivity contribution in [2.24, 2.45) is 0 Å². The first-order valence-electron chi connectivity index (χ1n) is 5.69. The van der Waals surface area contributed by atoms with Crippen LogP contribution in [0.3, 0.4) is 0 Å². The molecule has 0 aromatic heterocycles. The fourth-order valence-electron chi connectivity index (χ4n) is 1.90. The fraction of sp³-hybridized carbons (Fsp3) is 0.417. The van der Waals surface area contributed by atoms with Crippen molar-refractivity contribution >= 4 is 22.4 Å². The summed E-state index contributed by atoms with van der Waals surface area (Å²) in [6.07, 6.45) is 0. The van der Waals surface area contributed by atoms with Gasteiger partial charge in [0.2, 0.25) is 0 Å². The van der Waals surface area contributed by atoms with Crippen molar-refractivity contribution in [3.05, 3.63) is 23.8 Å². The Morgan fingerprint density at radius 3 is 2.67 bits per heavy atom. The Kier molecular flexibility index (Phi) is 3.86. The number of amides is 1. The maximum Gasteiger partial charge on any atom is 0.257 e. The van der Waals surface area contributed by atoms with Crippen LogP contribution in [0.2, 0.25) is 0 Å². The molecule has 1 aliphatic rings. The third-order valence-corrected chi connectivity index (χ3v) is 4.20. The smallest absolute Gasteiger partial charge is 0.257 e. The molecular weight excluding hydrogens is 252 g/mol. The highest BCUT2D eigenvalue weighted by Gasteiger charge is 2.23. The number of nitrogens with zero attached hydrogens (tertiary/aromatic N) is 1. The van der Waals surface area contributed by atoms with Gasteiger partial charge in [-0.25, -0.2) is 0 Å². The Labute approximate surface area is 108 Å². The molecule has 1 fully saturated rings. The Morgan fingerprint density at radius 2 is 2.06 bits per heavy atom. The molecule has 0 spiro atoms. The zero-order valence-corrected chi connectivity index (χ0v) is 11.0. The second kappa shape index (κ2) is 5.39. The summed E-state index contributed by atoms with van der Waals surface area (Å²) in [5.41, 5.74) is 6.71. The number of carbonyl (C=O) groups is 1. The molecule has 0 radical (unpaired) electrons. The predicted octanol–water partition coefficient (Wildman–Crippen LogP) is 0.482. The van der Waals surface area contributed by atoms with Crippen LogP contribution in [0.4, 0.5) is 5.69 Å². The number of ether oxygens (including phenoxy) is 1. The average molecular weight is 268 g/mol. The van der Waals surface area contributed by atoms with Crippen molar-refractivity contribution in [2.75, 3.05) is 37.4 Å². The van der Waals surface area contributed by atoms with E-state index in [1.807, 2.05) is 0 Å². The number of nitrogens with two attached hydrogens (primary N) is 1. The number of hydrogen-bond acceptors (Lipinski definition) is 4. The van der Waals surface area contributed by atoms with Gasteiger partial charge in [0.15, 0.2) is 0 Å². The van der Waals surface area contributed by atoms with Crippen LogP contribution >= 0.6 is 0 Å². The van der Waals surface area contributed by atoms with E-state index in [9.17, 15) is 9.00 Å². The summed E-state index contributed by atoms with van der Waals surface area (Å²) in [7, 11) is 0.721. The van der Waals surface area contributed by atoms with E-state index in [0.717, 1.165) is 0 Å². The van der Waals surface area contributed by atoms with Crippen LogP contribution in [0.1, 0.15) is 10.4 Å². The lowest BCUT2D eigenvalue weighted by Crippen LogP contribution is -2.41. The van der Waals surface area contributed by atoms with Gasteiger partial charge >= 0.3 is 0 Å². The van der Waals surface area contributed by atoms with Crippen molar-refractivity contribution in [3.8, 4) is 5.75 Å². The van der Waals surface area contributed by atoms with E-state index in [1.54, 1.807) is 23.1 Å². The molecule has 2 N–H and O–H groups in total. The van der Waals surface area contributed by atoms with Crippen LogP contribution in [-0.4, -0.2) is 46.7 Å². The van der Waals surface area contributed by atoms with E-state index >= 15 is 0 Å².